The van der Waals surface area contributed by atoms with Gasteiger partial charge in [0.25, 0.3) is 0 Å². The van der Waals surface area contributed by atoms with E-state index in [4.69, 9.17) is 19.9 Å². The molecule has 1 atom stereocenters. The maximum atomic E-state index is 12.6. The van der Waals surface area contributed by atoms with Crippen molar-refractivity contribution in [2.24, 2.45) is 5.73 Å². The molecule has 1 aromatic rings. The summed E-state index contributed by atoms with van der Waals surface area (Å²) < 4.78 is 17.9. The van der Waals surface area contributed by atoms with Gasteiger partial charge in [-0.1, -0.05) is 0 Å². The second-order valence-electron chi connectivity index (χ2n) is 5.13. The van der Waals surface area contributed by atoms with Crippen LogP contribution in [0.4, 0.5) is 0 Å². The number of nitriles is 1. The van der Waals surface area contributed by atoms with Crippen LogP contribution >= 0.6 is 45.2 Å². The normalized spacial score (nSPS) is 17.0. The minimum atomic E-state index is -0.712. The third kappa shape index (κ3) is 3.87. The molecule has 0 spiro atoms. The first-order chi connectivity index (χ1) is 11.8. The van der Waals surface area contributed by atoms with E-state index in [-0.39, 0.29) is 23.6 Å². The average molecular weight is 566 g/mol. The molecular weight excluding hydrogens is 550 g/mol. The summed E-state index contributed by atoms with van der Waals surface area (Å²) in [5, 5.41) is 9.62. The smallest absolute Gasteiger partial charge is 0.338 e. The zero-order valence-electron chi connectivity index (χ0n) is 13.9. The number of carbonyl (C=O) groups excluding carboxylic acids is 1. The SMILES string of the molecule is CCOC(=O)C1=C(C)OC(N)=C(C#N)[C@@H]1c1cc(I)cc(I)c1OC. The molecule has 25 heavy (non-hydrogen) atoms. The third-order valence-electron chi connectivity index (χ3n) is 3.65. The Morgan fingerprint density at radius 2 is 2.12 bits per heavy atom. The van der Waals surface area contributed by atoms with E-state index < -0.39 is 11.9 Å². The number of rotatable bonds is 4. The number of nitrogens with two attached hydrogens (primary N) is 1. The molecule has 0 saturated heterocycles. The van der Waals surface area contributed by atoms with Gasteiger partial charge in [-0.05, 0) is 71.2 Å². The summed E-state index contributed by atoms with van der Waals surface area (Å²) in [5.41, 5.74) is 7.00. The molecular formula is C17H16I2N2O4. The molecule has 0 amide bonds. The van der Waals surface area contributed by atoms with Crippen LogP contribution in [0.3, 0.4) is 0 Å². The minimum Gasteiger partial charge on any atom is -0.495 e. The maximum absolute atomic E-state index is 12.6. The topological polar surface area (TPSA) is 94.6 Å². The lowest BCUT2D eigenvalue weighted by Gasteiger charge is -2.28. The Kier molecular flexibility index (Phi) is 6.56. The number of esters is 1. The van der Waals surface area contributed by atoms with E-state index in [0.717, 1.165) is 7.14 Å². The van der Waals surface area contributed by atoms with E-state index in [1.54, 1.807) is 21.0 Å². The van der Waals surface area contributed by atoms with Crippen molar-refractivity contribution in [3.63, 3.8) is 0 Å². The van der Waals surface area contributed by atoms with E-state index in [9.17, 15) is 10.1 Å². The van der Waals surface area contributed by atoms with Crippen molar-refractivity contribution in [1.82, 2.24) is 0 Å². The summed E-state index contributed by atoms with van der Waals surface area (Å²) in [5.74, 6) is -0.370. The molecule has 0 saturated carbocycles. The number of carbonyl (C=O) groups is 1. The van der Waals surface area contributed by atoms with Crippen molar-refractivity contribution < 1.29 is 19.0 Å². The predicted octanol–water partition coefficient (Wildman–Crippen LogP) is 3.55. The monoisotopic (exact) mass is 566 g/mol. The van der Waals surface area contributed by atoms with Crippen molar-refractivity contribution >= 4 is 51.2 Å². The van der Waals surface area contributed by atoms with Crippen LogP contribution in [0.1, 0.15) is 25.3 Å². The zero-order valence-corrected chi connectivity index (χ0v) is 18.2. The number of hydrogen-bond donors (Lipinski definition) is 1. The Morgan fingerprint density at radius 1 is 1.44 bits per heavy atom. The minimum absolute atomic E-state index is 0.0195. The van der Waals surface area contributed by atoms with Crippen molar-refractivity contribution in [3.05, 3.63) is 47.6 Å². The molecule has 0 radical (unpaired) electrons. The fourth-order valence-corrected chi connectivity index (χ4v) is 4.79. The van der Waals surface area contributed by atoms with Crippen LogP contribution in [0.25, 0.3) is 0 Å². The molecule has 0 bridgehead atoms. The van der Waals surface area contributed by atoms with Gasteiger partial charge in [-0.3, -0.25) is 0 Å². The number of hydrogen-bond acceptors (Lipinski definition) is 6. The first kappa shape index (κ1) is 19.8. The Hall–Kier alpha value is -1.48. The lowest BCUT2D eigenvalue weighted by molar-refractivity contribution is -0.139. The Balaban J connectivity index is 2.78. The van der Waals surface area contributed by atoms with E-state index in [1.165, 1.54) is 0 Å². The van der Waals surface area contributed by atoms with E-state index >= 15 is 0 Å². The molecule has 2 rings (SSSR count). The molecule has 1 aliphatic heterocycles. The first-order valence-corrected chi connectivity index (χ1v) is 9.49. The Morgan fingerprint density at radius 3 is 2.68 bits per heavy atom. The predicted molar refractivity (Wildman–Crippen MR) is 108 cm³/mol. The molecule has 8 heteroatoms. The number of halogens is 2. The van der Waals surface area contributed by atoms with Crippen LogP contribution in [0.2, 0.25) is 0 Å². The summed E-state index contributed by atoms with van der Waals surface area (Å²) >= 11 is 4.33. The second kappa shape index (κ2) is 8.27. The maximum Gasteiger partial charge on any atom is 0.338 e. The van der Waals surface area contributed by atoms with Crippen LogP contribution in [-0.4, -0.2) is 19.7 Å². The quantitative estimate of drug-likeness (QED) is 0.443. The van der Waals surface area contributed by atoms with E-state index in [1.807, 2.05) is 12.1 Å². The van der Waals surface area contributed by atoms with Gasteiger partial charge in [0, 0.05) is 9.13 Å². The fraction of sp³-hybridized carbons (Fsp3) is 0.294. The van der Waals surface area contributed by atoms with Gasteiger partial charge in [-0.25, -0.2) is 4.79 Å². The van der Waals surface area contributed by atoms with Gasteiger partial charge in [0.1, 0.15) is 23.2 Å². The number of allylic oxidation sites excluding steroid dienone is 2. The molecule has 132 valence electrons. The van der Waals surface area contributed by atoms with Gasteiger partial charge < -0.3 is 19.9 Å². The number of ether oxygens (including phenoxy) is 3. The van der Waals surface area contributed by atoms with Crippen molar-refractivity contribution in [2.75, 3.05) is 13.7 Å². The number of methoxy groups -OCH3 is 1. The van der Waals surface area contributed by atoms with Crippen LogP contribution < -0.4 is 10.5 Å². The summed E-state index contributed by atoms with van der Waals surface area (Å²) in [6, 6.07) is 5.88. The summed E-state index contributed by atoms with van der Waals surface area (Å²) in [6.45, 7) is 3.56. The molecule has 6 nitrogen and oxygen atoms in total. The molecule has 1 aromatic carbocycles. The van der Waals surface area contributed by atoms with Gasteiger partial charge in [-0.2, -0.15) is 5.26 Å². The highest BCUT2D eigenvalue weighted by Crippen LogP contribution is 2.44. The summed E-state index contributed by atoms with van der Waals surface area (Å²) in [4.78, 5) is 12.6. The highest BCUT2D eigenvalue weighted by Gasteiger charge is 2.38. The number of nitrogens with zero attached hydrogens (tertiary/aromatic N) is 1. The van der Waals surface area contributed by atoms with Gasteiger partial charge in [0.2, 0.25) is 5.88 Å². The third-order valence-corrected chi connectivity index (χ3v) is 5.08. The molecule has 0 aliphatic carbocycles. The molecule has 0 fully saturated rings. The van der Waals surface area contributed by atoms with Gasteiger partial charge in [0.15, 0.2) is 0 Å². The van der Waals surface area contributed by atoms with E-state index in [0.29, 0.717) is 17.1 Å². The van der Waals surface area contributed by atoms with Crippen LogP contribution in [0.15, 0.2) is 34.9 Å². The zero-order chi connectivity index (χ0) is 18.7. The molecule has 2 N–H and O–H groups in total. The summed E-state index contributed by atoms with van der Waals surface area (Å²) in [6.07, 6.45) is 0. The highest BCUT2D eigenvalue weighted by atomic mass is 127. The van der Waals surface area contributed by atoms with Crippen molar-refractivity contribution in [3.8, 4) is 11.8 Å². The van der Waals surface area contributed by atoms with Gasteiger partial charge >= 0.3 is 5.97 Å². The van der Waals surface area contributed by atoms with Gasteiger partial charge in [-0.15, -0.1) is 0 Å². The standard InChI is InChI=1S/C17H16I2N2O4/c1-4-24-17(22)13-8(2)25-16(21)11(7-20)14(13)10-5-9(18)6-12(19)15(10)23-3/h5-6,14H,4,21H2,1-3H3/t14-/m0/s1. The lowest BCUT2D eigenvalue weighted by atomic mass is 9.82. The van der Waals surface area contributed by atoms with Crippen LogP contribution in [0.5, 0.6) is 5.75 Å². The van der Waals surface area contributed by atoms with Crippen LogP contribution in [-0.2, 0) is 14.3 Å². The Bertz CT molecular complexity index is 825. The molecule has 0 unspecified atom stereocenters. The molecule has 0 aromatic heterocycles. The van der Waals surface area contributed by atoms with Crippen LogP contribution in [0, 0.1) is 18.5 Å². The molecule has 1 aliphatic rings. The highest BCUT2D eigenvalue weighted by molar-refractivity contribution is 14.1. The van der Waals surface area contributed by atoms with Gasteiger partial charge in [0.05, 0.1) is 28.8 Å². The van der Waals surface area contributed by atoms with Crippen molar-refractivity contribution in [1.29, 1.82) is 5.26 Å². The molecule has 1 heterocycles. The Labute approximate surface area is 173 Å². The summed E-state index contributed by atoms with van der Waals surface area (Å²) in [7, 11) is 1.55. The number of benzene rings is 1. The van der Waals surface area contributed by atoms with E-state index in [2.05, 4.69) is 51.3 Å². The first-order valence-electron chi connectivity index (χ1n) is 7.34. The second-order valence-corrected chi connectivity index (χ2v) is 7.53. The lowest BCUT2D eigenvalue weighted by Crippen LogP contribution is -2.26. The fourth-order valence-electron chi connectivity index (χ4n) is 2.68. The van der Waals surface area contributed by atoms with Crippen molar-refractivity contribution in [2.45, 2.75) is 19.8 Å². The average Bonchev–Trinajstić information content (AvgIpc) is 2.53. The largest absolute Gasteiger partial charge is 0.495 e.